The van der Waals surface area contributed by atoms with E-state index in [-0.39, 0.29) is 37.6 Å². The van der Waals surface area contributed by atoms with Gasteiger partial charge in [-0.1, -0.05) is 25.4 Å². The van der Waals surface area contributed by atoms with E-state index in [1.807, 2.05) is 19.9 Å². The highest BCUT2D eigenvalue weighted by Gasteiger charge is 2.60. The Kier molecular flexibility index (Phi) is 12.9. The highest BCUT2D eigenvalue weighted by atomic mass is 35.5. The van der Waals surface area contributed by atoms with Crippen molar-refractivity contribution in [1.82, 2.24) is 9.80 Å². The quantitative estimate of drug-likeness (QED) is 0.162. The van der Waals surface area contributed by atoms with Crippen molar-refractivity contribution in [2.45, 2.75) is 109 Å². The fourth-order valence-corrected chi connectivity index (χ4v) is 5.47. The highest BCUT2D eigenvalue weighted by Crippen LogP contribution is 2.41. The molecular formula is C29H41ClF6N2O5. The van der Waals surface area contributed by atoms with E-state index in [1.165, 1.54) is 0 Å². The Hall–Kier alpha value is -2.41. The zero-order valence-electron chi connectivity index (χ0n) is 25.2. The smallest absolute Gasteiger partial charge is 0.434 e. The third-order valence-electron chi connectivity index (χ3n) is 7.03. The number of benzene rings is 1. The summed E-state index contributed by atoms with van der Waals surface area (Å²) in [6.07, 6.45) is -14.3. The van der Waals surface area contributed by atoms with Gasteiger partial charge in [-0.3, -0.25) is 9.69 Å². The standard InChI is InChI=1S/C27H35ClF6N2O5.C2H6/c1-24(2,3)41-21(37)6-4-13-39-20-15-18(14-19(28)16-20)17-36-10-5-7-25(36)8-11-35(12-9-25)23(38)40-22(26(29,30)31)27(32,33)34;1-2/h14-16,22H,4-13,17H2,1-3H3;1-2H3. The first-order chi connectivity index (χ1) is 19.9. The number of nitrogens with zero attached hydrogens (tertiary/aromatic N) is 2. The second-order valence-electron chi connectivity index (χ2n) is 11.4. The molecular weight excluding hydrogens is 606 g/mol. The van der Waals surface area contributed by atoms with Crippen molar-refractivity contribution in [3.63, 3.8) is 0 Å². The Balaban J connectivity index is 0.00000316. The van der Waals surface area contributed by atoms with Crippen LogP contribution in [0, 0.1) is 0 Å². The summed E-state index contributed by atoms with van der Waals surface area (Å²) in [6.45, 7) is 10.8. The molecule has 0 unspecified atom stereocenters. The van der Waals surface area contributed by atoms with Crippen LogP contribution in [-0.2, 0) is 20.8 Å². The van der Waals surface area contributed by atoms with Gasteiger partial charge in [-0.05, 0) is 83.2 Å². The number of halogens is 7. The van der Waals surface area contributed by atoms with Crippen molar-refractivity contribution >= 4 is 23.7 Å². The molecule has 0 atom stereocenters. The first kappa shape index (κ1) is 36.8. The Morgan fingerprint density at radius 3 is 2.12 bits per heavy atom. The molecule has 246 valence electrons. The van der Waals surface area contributed by atoms with Crippen molar-refractivity contribution in [2.75, 3.05) is 26.2 Å². The largest absolute Gasteiger partial charge is 0.494 e. The number of esters is 1. The summed E-state index contributed by atoms with van der Waals surface area (Å²) in [5.74, 6) is 0.221. The number of ether oxygens (including phenoxy) is 3. The molecule has 1 spiro atoms. The molecule has 2 aliphatic heterocycles. The summed E-state index contributed by atoms with van der Waals surface area (Å²) in [6, 6.07) is 5.30. The molecule has 3 rings (SSSR count). The summed E-state index contributed by atoms with van der Waals surface area (Å²) >= 11 is 6.32. The minimum atomic E-state index is -5.76. The van der Waals surface area contributed by atoms with Gasteiger partial charge in [-0.15, -0.1) is 0 Å². The number of likely N-dealkylation sites (tertiary alicyclic amines) is 2. The Morgan fingerprint density at radius 1 is 0.953 bits per heavy atom. The van der Waals surface area contributed by atoms with E-state index >= 15 is 0 Å². The van der Waals surface area contributed by atoms with Crippen LogP contribution in [0.1, 0.15) is 78.7 Å². The van der Waals surface area contributed by atoms with Gasteiger partial charge in [-0.25, -0.2) is 4.79 Å². The second kappa shape index (κ2) is 15.0. The molecule has 2 heterocycles. The van der Waals surface area contributed by atoms with Crippen molar-refractivity contribution in [3.05, 3.63) is 28.8 Å². The first-order valence-electron chi connectivity index (χ1n) is 14.4. The third kappa shape index (κ3) is 11.2. The SMILES string of the molecule is CC.CC(C)(C)OC(=O)CCCOc1cc(Cl)cc(CN2CCCC23CCN(C(=O)OC(C(F)(F)F)C(F)(F)F)CC3)c1. The third-order valence-corrected chi connectivity index (χ3v) is 7.24. The Morgan fingerprint density at radius 2 is 1.56 bits per heavy atom. The number of alkyl halides is 6. The number of carbonyl (C=O) groups is 2. The van der Waals surface area contributed by atoms with Crippen LogP contribution in [0.3, 0.4) is 0 Å². The number of rotatable bonds is 8. The van der Waals surface area contributed by atoms with Gasteiger partial charge >= 0.3 is 24.4 Å². The van der Waals surface area contributed by atoms with E-state index in [2.05, 4.69) is 9.64 Å². The van der Waals surface area contributed by atoms with E-state index in [9.17, 15) is 35.9 Å². The summed E-state index contributed by atoms with van der Waals surface area (Å²) < 4.78 is 91.8. The van der Waals surface area contributed by atoms with Crippen molar-refractivity contribution in [1.29, 1.82) is 0 Å². The summed E-state index contributed by atoms with van der Waals surface area (Å²) in [5, 5.41) is 0.458. The normalized spacial score (nSPS) is 17.5. The molecule has 0 aliphatic carbocycles. The zero-order valence-corrected chi connectivity index (χ0v) is 25.9. The molecule has 1 aromatic carbocycles. The number of hydrogen-bond donors (Lipinski definition) is 0. The number of carbonyl (C=O) groups excluding carboxylic acids is 2. The van der Waals surface area contributed by atoms with Crippen LogP contribution >= 0.6 is 11.6 Å². The van der Waals surface area contributed by atoms with Gasteiger partial charge in [0.2, 0.25) is 0 Å². The van der Waals surface area contributed by atoms with E-state index in [4.69, 9.17) is 21.1 Å². The number of piperidine rings is 1. The monoisotopic (exact) mass is 646 g/mol. The molecule has 0 radical (unpaired) electrons. The lowest BCUT2D eigenvalue weighted by Crippen LogP contribution is -2.54. The van der Waals surface area contributed by atoms with Crippen LogP contribution in [0.25, 0.3) is 0 Å². The zero-order chi connectivity index (χ0) is 32.6. The van der Waals surface area contributed by atoms with Crippen LogP contribution in [0.5, 0.6) is 5.75 Å². The van der Waals surface area contributed by atoms with Gasteiger partial charge in [-0.2, -0.15) is 26.3 Å². The lowest BCUT2D eigenvalue weighted by atomic mass is 9.85. The second-order valence-corrected chi connectivity index (χ2v) is 11.9. The maximum Gasteiger partial charge on any atom is 0.434 e. The molecule has 1 amide bonds. The van der Waals surface area contributed by atoms with Gasteiger partial charge in [0.1, 0.15) is 11.4 Å². The molecule has 1 aromatic rings. The van der Waals surface area contributed by atoms with Crippen LogP contribution in [0.2, 0.25) is 5.02 Å². The van der Waals surface area contributed by atoms with Gasteiger partial charge < -0.3 is 19.1 Å². The molecule has 0 aromatic heterocycles. The fourth-order valence-electron chi connectivity index (χ4n) is 5.22. The van der Waals surface area contributed by atoms with Crippen molar-refractivity contribution < 1.29 is 50.1 Å². The number of amides is 1. The maximum absolute atomic E-state index is 12.8. The van der Waals surface area contributed by atoms with E-state index in [0.717, 1.165) is 29.8 Å². The lowest BCUT2D eigenvalue weighted by molar-refractivity contribution is -0.308. The topological polar surface area (TPSA) is 68.3 Å². The van der Waals surface area contributed by atoms with Gasteiger partial charge in [0.05, 0.1) is 6.61 Å². The summed E-state index contributed by atoms with van der Waals surface area (Å²) in [7, 11) is 0. The summed E-state index contributed by atoms with van der Waals surface area (Å²) in [5.41, 5.74) is -0.0577. The van der Waals surface area contributed by atoms with Crippen molar-refractivity contribution in [3.8, 4) is 5.75 Å². The molecule has 2 aliphatic rings. The highest BCUT2D eigenvalue weighted by molar-refractivity contribution is 6.30. The molecule has 43 heavy (non-hydrogen) atoms. The summed E-state index contributed by atoms with van der Waals surface area (Å²) in [4.78, 5) is 27.2. The van der Waals surface area contributed by atoms with Gasteiger partial charge in [0.25, 0.3) is 6.10 Å². The van der Waals surface area contributed by atoms with Crippen molar-refractivity contribution in [2.24, 2.45) is 0 Å². The molecule has 0 N–H and O–H groups in total. The van der Waals surface area contributed by atoms with Crippen LogP contribution in [0.4, 0.5) is 31.1 Å². The molecule has 14 heteroatoms. The minimum absolute atomic E-state index is 0.0284. The average molecular weight is 647 g/mol. The van der Waals surface area contributed by atoms with Gasteiger partial charge in [0.15, 0.2) is 0 Å². The van der Waals surface area contributed by atoms with E-state index in [1.54, 1.807) is 32.9 Å². The van der Waals surface area contributed by atoms with Crippen LogP contribution in [0.15, 0.2) is 18.2 Å². The lowest BCUT2D eigenvalue weighted by Gasteiger charge is -2.45. The predicted octanol–water partition coefficient (Wildman–Crippen LogP) is 7.93. The molecule has 0 saturated carbocycles. The Labute approximate surface area is 253 Å². The molecule has 0 bridgehead atoms. The minimum Gasteiger partial charge on any atom is -0.494 e. The van der Waals surface area contributed by atoms with Crippen LogP contribution < -0.4 is 4.74 Å². The average Bonchev–Trinajstić information content (AvgIpc) is 3.25. The molecule has 2 saturated heterocycles. The predicted molar refractivity (Wildman–Crippen MR) is 149 cm³/mol. The van der Waals surface area contributed by atoms with E-state index < -0.39 is 30.2 Å². The molecule has 7 nitrogen and oxygen atoms in total. The van der Waals surface area contributed by atoms with Gasteiger partial charge in [0, 0.05) is 36.6 Å². The first-order valence-corrected chi connectivity index (χ1v) is 14.7. The number of hydrogen-bond acceptors (Lipinski definition) is 6. The maximum atomic E-state index is 12.8. The fraction of sp³-hybridized carbons (Fsp3) is 0.724. The van der Waals surface area contributed by atoms with E-state index in [0.29, 0.717) is 36.6 Å². The molecule has 2 fully saturated rings. The Bertz CT molecular complexity index is 1050. The van der Waals surface area contributed by atoms with Crippen LogP contribution in [-0.4, -0.2) is 77.7 Å².